The molecular weight excluding hydrogens is 309 g/mol. The zero-order chi connectivity index (χ0) is 16.9. The second-order valence-corrected chi connectivity index (χ2v) is 5.65. The highest BCUT2D eigenvalue weighted by molar-refractivity contribution is 5.86. The number of alkyl halides is 3. The molecule has 0 aromatic heterocycles. The Hall–Kier alpha value is -2.05. The molecule has 1 aliphatic rings. The number of rotatable bonds is 5. The van der Waals surface area contributed by atoms with E-state index in [1.165, 1.54) is 24.3 Å². The largest absolute Gasteiger partial charge is 0.412 e. The molecule has 23 heavy (non-hydrogen) atoms. The molecule has 4 nitrogen and oxygen atoms in total. The van der Waals surface area contributed by atoms with Crippen LogP contribution >= 0.6 is 0 Å². The van der Waals surface area contributed by atoms with Gasteiger partial charge in [0.05, 0.1) is 6.54 Å². The van der Waals surface area contributed by atoms with E-state index in [0.29, 0.717) is 0 Å². The minimum Gasteiger partial charge on any atom is -0.347 e. The summed E-state index contributed by atoms with van der Waals surface area (Å²) in [6.45, 7) is -0.450. The molecule has 2 amide bonds. The van der Waals surface area contributed by atoms with Crippen LogP contribution in [0.25, 0.3) is 0 Å². The lowest BCUT2D eigenvalue weighted by Gasteiger charge is -2.22. The quantitative estimate of drug-likeness (QED) is 0.873. The Bertz CT molecular complexity index is 540. The number of hydrogen-bond donors (Lipinski definition) is 2. The van der Waals surface area contributed by atoms with Gasteiger partial charge in [0.25, 0.3) is 0 Å². The lowest BCUT2D eigenvalue weighted by atomic mass is 10.1. The smallest absolute Gasteiger partial charge is 0.347 e. The van der Waals surface area contributed by atoms with Gasteiger partial charge in [-0.15, -0.1) is 0 Å². The van der Waals surface area contributed by atoms with Gasteiger partial charge in [0.2, 0.25) is 11.8 Å². The molecule has 1 aromatic carbocycles. The number of carbonyl (C=O) groups excluding carboxylic acids is 2. The Balaban J connectivity index is 1.91. The summed E-state index contributed by atoms with van der Waals surface area (Å²) in [5.41, 5.74) is -0.0459. The van der Waals surface area contributed by atoms with Crippen molar-refractivity contribution in [3.63, 3.8) is 0 Å². The minimum atomic E-state index is -4.60. The molecule has 0 heterocycles. The number of carbonyl (C=O) groups is 2. The van der Waals surface area contributed by atoms with Gasteiger partial charge in [0, 0.05) is 5.92 Å². The second kappa shape index (κ2) is 7.48. The normalized spacial score (nSPS) is 16.8. The van der Waals surface area contributed by atoms with Crippen molar-refractivity contribution in [1.29, 1.82) is 0 Å². The molecule has 1 saturated carbocycles. The molecule has 1 aromatic rings. The maximum atomic E-state index is 13.1. The van der Waals surface area contributed by atoms with Crippen LogP contribution in [0.3, 0.4) is 0 Å². The number of hydrogen-bond acceptors (Lipinski definition) is 2. The topological polar surface area (TPSA) is 58.2 Å². The summed E-state index contributed by atoms with van der Waals surface area (Å²) in [5, 5.41) is 4.35. The highest BCUT2D eigenvalue weighted by atomic mass is 19.4. The highest BCUT2D eigenvalue weighted by Gasteiger charge is 2.41. The van der Waals surface area contributed by atoms with Gasteiger partial charge in [0.15, 0.2) is 6.04 Å². The monoisotopic (exact) mass is 328 g/mol. The van der Waals surface area contributed by atoms with Gasteiger partial charge in [-0.05, 0) is 18.4 Å². The van der Waals surface area contributed by atoms with Crippen molar-refractivity contribution >= 4 is 11.8 Å². The summed E-state index contributed by atoms with van der Waals surface area (Å²) in [7, 11) is 0. The third kappa shape index (κ3) is 4.97. The van der Waals surface area contributed by atoms with E-state index in [4.69, 9.17) is 0 Å². The summed E-state index contributed by atoms with van der Waals surface area (Å²) in [5.74, 6) is -1.25. The first-order valence-electron chi connectivity index (χ1n) is 7.56. The van der Waals surface area contributed by atoms with Gasteiger partial charge in [-0.3, -0.25) is 9.59 Å². The summed E-state index contributed by atoms with van der Waals surface area (Å²) in [6, 6.07) is 5.06. The minimum absolute atomic E-state index is 0.0459. The second-order valence-electron chi connectivity index (χ2n) is 5.65. The molecule has 0 bridgehead atoms. The predicted molar refractivity (Wildman–Crippen MR) is 78.3 cm³/mol. The Morgan fingerprint density at radius 3 is 2.30 bits per heavy atom. The highest BCUT2D eigenvalue weighted by Crippen LogP contribution is 2.32. The lowest BCUT2D eigenvalue weighted by molar-refractivity contribution is -0.163. The lowest BCUT2D eigenvalue weighted by Crippen LogP contribution is -2.44. The molecule has 2 rings (SSSR count). The molecule has 1 fully saturated rings. The van der Waals surface area contributed by atoms with Crippen LogP contribution in [-0.2, 0) is 9.59 Å². The van der Waals surface area contributed by atoms with Crippen LogP contribution in [0.4, 0.5) is 13.2 Å². The van der Waals surface area contributed by atoms with Crippen molar-refractivity contribution in [2.45, 2.75) is 37.9 Å². The van der Waals surface area contributed by atoms with E-state index in [9.17, 15) is 22.8 Å². The summed E-state index contributed by atoms with van der Waals surface area (Å²) in [4.78, 5) is 23.6. The maximum Gasteiger partial charge on any atom is 0.412 e. The van der Waals surface area contributed by atoms with Crippen LogP contribution in [0, 0.1) is 5.92 Å². The van der Waals surface area contributed by atoms with Gasteiger partial charge >= 0.3 is 6.18 Å². The molecule has 0 radical (unpaired) electrons. The molecule has 7 heteroatoms. The van der Waals surface area contributed by atoms with Crippen LogP contribution in [0.15, 0.2) is 30.3 Å². The molecule has 126 valence electrons. The summed E-state index contributed by atoms with van der Waals surface area (Å²) >= 11 is 0. The molecule has 1 atom stereocenters. The van der Waals surface area contributed by atoms with Crippen LogP contribution in [0.5, 0.6) is 0 Å². The predicted octanol–water partition coefficient (Wildman–Crippen LogP) is 2.71. The van der Waals surface area contributed by atoms with Crippen molar-refractivity contribution in [2.24, 2.45) is 5.92 Å². The fourth-order valence-electron chi connectivity index (χ4n) is 2.71. The first-order chi connectivity index (χ1) is 10.9. The maximum absolute atomic E-state index is 13.1. The van der Waals surface area contributed by atoms with Crippen LogP contribution < -0.4 is 10.6 Å². The molecule has 0 unspecified atom stereocenters. The number of benzene rings is 1. The molecule has 2 N–H and O–H groups in total. The van der Waals surface area contributed by atoms with E-state index in [0.717, 1.165) is 25.7 Å². The third-order valence-electron chi connectivity index (χ3n) is 3.91. The van der Waals surface area contributed by atoms with E-state index in [1.54, 1.807) is 6.07 Å². The summed E-state index contributed by atoms with van der Waals surface area (Å²) in [6.07, 6.45) is -1.14. The van der Waals surface area contributed by atoms with E-state index in [-0.39, 0.29) is 17.4 Å². The molecule has 0 aliphatic heterocycles. The fourth-order valence-corrected chi connectivity index (χ4v) is 2.71. The zero-order valence-electron chi connectivity index (χ0n) is 12.5. The average molecular weight is 328 g/mol. The molecule has 0 spiro atoms. The number of halogens is 3. The summed E-state index contributed by atoms with van der Waals surface area (Å²) < 4.78 is 39.3. The van der Waals surface area contributed by atoms with Crippen LogP contribution in [-0.4, -0.2) is 24.5 Å². The van der Waals surface area contributed by atoms with Gasteiger partial charge < -0.3 is 10.6 Å². The van der Waals surface area contributed by atoms with Crippen molar-refractivity contribution in [3.8, 4) is 0 Å². The first kappa shape index (κ1) is 17.3. The van der Waals surface area contributed by atoms with Crippen LogP contribution in [0.1, 0.15) is 37.3 Å². The SMILES string of the molecule is O=C(CNC(=O)C1CCCC1)N[C@H](c1ccccc1)C(F)(F)F. The molecular formula is C16H19F3N2O2. The third-order valence-corrected chi connectivity index (χ3v) is 3.91. The number of amides is 2. The van der Waals surface area contributed by atoms with Gasteiger partial charge in [-0.1, -0.05) is 43.2 Å². The standard InChI is InChI=1S/C16H19F3N2O2/c17-16(18,19)14(11-6-2-1-3-7-11)21-13(22)10-20-15(23)12-8-4-5-9-12/h1-3,6-7,12,14H,4-5,8-10H2,(H,20,23)(H,21,22)/t14-/m1/s1. The average Bonchev–Trinajstić information content (AvgIpc) is 3.04. The molecule has 1 aliphatic carbocycles. The Labute approximate surface area is 132 Å². The van der Waals surface area contributed by atoms with E-state index < -0.39 is 24.7 Å². The van der Waals surface area contributed by atoms with Crippen molar-refractivity contribution in [2.75, 3.05) is 6.54 Å². The zero-order valence-corrected chi connectivity index (χ0v) is 12.5. The fraction of sp³-hybridized carbons (Fsp3) is 0.500. The Kier molecular flexibility index (Phi) is 5.63. The van der Waals surface area contributed by atoms with E-state index >= 15 is 0 Å². The Morgan fingerprint density at radius 2 is 1.74 bits per heavy atom. The van der Waals surface area contributed by atoms with Gasteiger partial charge in [0.1, 0.15) is 0 Å². The Morgan fingerprint density at radius 1 is 1.13 bits per heavy atom. The van der Waals surface area contributed by atoms with Gasteiger partial charge in [-0.25, -0.2) is 0 Å². The first-order valence-corrected chi connectivity index (χ1v) is 7.56. The van der Waals surface area contributed by atoms with Crippen molar-refractivity contribution in [3.05, 3.63) is 35.9 Å². The van der Waals surface area contributed by atoms with Gasteiger partial charge in [-0.2, -0.15) is 13.2 Å². The molecule has 0 saturated heterocycles. The van der Waals surface area contributed by atoms with Crippen LogP contribution in [0.2, 0.25) is 0 Å². The van der Waals surface area contributed by atoms with Crippen molar-refractivity contribution < 1.29 is 22.8 Å². The number of nitrogens with one attached hydrogen (secondary N) is 2. The van der Waals surface area contributed by atoms with E-state index in [2.05, 4.69) is 5.32 Å². The van der Waals surface area contributed by atoms with E-state index in [1.807, 2.05) is 5.32 Å². The van der Waals surface area contributed by atoms with Crippen molar-refractivity contribution in [1.82, 2.24) is 10.6 Å².